The van der Waals surface area contributed by atoms with Gasteiger partial charge in [-0.3, -0.25) is 4.98 Å². The molecule has 1 N–H and O–H groups in total. The molecule has 1 atom stereocenters. The quantitative estimate of drug-likeness (QED) is 0.904. The Bertz CT molecular complexity index is 561. The minimum Gasteiger partial charge on any atom is -0.496 e. The van der Waals surface area contributed by atoms with Gasteiger partial charge in [-0.25, -0.2) is 0 Å². The molecular weight excluding hydrogens is 248 g/mol. The fraction of sp³-hybridized carbons (Fsp3) is 0.353. The van der Waals surface area contributed by atoms with Crippen LogP contribution < -0.4 is 10.1 Å². The summed E-state index contributed by atoms with van der Waals surface area (Å²) in [5.41, 5.74) is 4.46. The van der Waals surface area contributed by atoms with Crippen molar-refractivity contribution in [1.82, 2.24) is 10.3 Å². The van der Waals surface area contributed by atoms with Gasteiger partial charge in [0.2, 0.25) is 0 Å². The van der Waals surface area contributed by atoms with E-state index in [9.17, 15) is 0 Å². The number of hydrogen-bond donors (Lipinski definition) is 1. The minimum absolute atomic E-state index is 0.122. The number of rotatable bonds is 5. The van der Waals surface area contributed by atoms with Gasteiger partial charge in [-0.1, -0.05) is 25.1 Å². The number of hydrogen-bond acceptors (Lipinski definition) is 3. The summed E-state index contributed by atoms with van der Waals surface area (Å²) in [5.74, 6) is 0.908. The molecule has 0 radical (unpaired) electrons. The second-order valence-corrected chi connectivity index (χ2v) is 4.92. The van der Waals surface area contributed by atoms with Gasteiger partial charge in [0.25, 0.3) is 0 Å². The number of methoxy groups -OCH3 is 1. The molecular formula is C17H22N2O. The van der Waals surface area contributed by atoms with Gasteiger partial charge in [0, 0.05) is 17.0 Å². The fourth-order valence-corrected chi connectivity index (χ4v) is 2.55. The smallest absolute Gasteiger partial charge is 0.123 e. The summed E-state index contributed by atoms with van der Waals surface area (Å²) >= 11 is 0. The molecule has 0 bridgehead atoms. The van der Waals surface area contributed by atoms with E-state index in [-0.39, 0.29) is 6.04 Å². The molecule has 0 aliphatic carbocycles. The second kappa shape index (κ2) is 6.53. The molecule has 0 aliphatic heterocycles. The van der Waals surface area contributed by atoms with Gasteiger partial charge in [-0.2, -0.15) is 0 Å². The summed E-state index contributed by atoms with van der Waals surface area (Å²) in [6, 6.07) is 12.5. The Morgan fingerprint density at radius 3 is 2.40 bits per heavy atom. The van der Waals surface area contributed by atoms with Crippen LogP contribution in [0.15, 0.2) is 36.4 Å². The molecule has 0 spiro atoms. The van der Waals surface area contributed by atoms with Crippen molar-refractivity contribution in [3.63, 3.8) is 0 Å². The lowest BCUT2D eigenvalue weighted by molar-refractivity contribution is 0.404. The Morgan fingerprint density at radius 2 is 1.80 bits per heavy atom. The van der Waals surface area contributed by atoms with Crippen LogP contribution in [-0.2, 0) is 0 Å². The third-order valence-corrected chi connectivity index (χ3v) is 3.30. The summed E-state index contributed by atoms with van der Waals surface area (Å²) < 4.78 is 5.50. The lowest BCUT2D eigenvalue weighted by Crippen LogP contribution is -2.23. The van der Waals surface area contributed by atoms with Crippen LogP contribution in [-0.4, -0.2) is 18.6 Å². The molecule has 0 saturated carbocycles. The monoisotopic (exact) mass is 270 g/mol. The molecule has 3 heteroatoms. The third-order valence-electron chi connectivity index (χ3n) is 3.30. The van der Waals surface area contributed by atoms with E-state index >= 15 is 0 Å². The number of para-hydroxylation sites is 1. The molecule has 2 aromatic rings. The topological polar surface area (TPSA) is 34.2 Å². The van der Waals surface area contributed by atoms with E-state index in [1.54, 1.807) is 7.11 Å². The summed E-state index contributed by atoms with van der Waals surface area (Å²) in [6.07, 6.45) is 0. The first-order valence-corrected chi connectivity index (χ1v) is 6.97. The number of aryl methyl sites for hydroxylation is 2. The van der Waals surface area contributed by atoms with Crippen molar-refractivity contribution in [2.75, 3.05) is 13.7 Å². The number of pyridine rings is 1. The van der Waals surface area contributed by atoms with E-state index in [1.165, 1.54) is 5.56 Å². The van der Waals surface area contributed by atoms with Gasteiger partial charge >= 0.3 is 0 Å². The van der Waals surface area contributed by atoms with Gasteiger partial charge < -0.3 is 10.1 Å². The maximum Gasteiger partial charge on any atom is 0.123 e. The predicted molar refractivity (Wildman–Crippen MR) is 82.2 cm³/mol. The van der Waals surface area contributed by atoms with Gasteiger partial charge in [0.05, 0.1) is 13.2 Å². The summed E-state index contributed by atoms with van der Waals surface area (Å²) in [4.78, 5) is 4.45. The molecule has 2 rings (SSSR count). The zero-order valence-electron chi connectivity index (χ0n) is 12.6. The van der Waals surface area contributed by atoms with Crippen molar-refractivity contribution in [3.8, 4) is 5.75 Å². The summed E-state index contributed by atoms with van der Waals surface area (Å²) in [5, 5.41) is 3.54. The van der Waals surface area contributed by atoms with Gasteiger partial charge in [0.15, 0.2) is 0 Å². The highest BCUT2D eigenvalue weighted by Gasteiger charge is 2.17. The highest BCUT2D eigenvalue weighted by atomic mass is 16.5. The SMILES string of the molecule is CCNC(c1cc(C)nc(C)c1)c1ccccc1OC. The van der Waals surface area contributed by atoms with Crippen molar-refractivity contribution in [3.05, 3.63) is 58.9 Å². The maximum absolute atomic E-state index is 5.50. The highest BCUT2D eigenvalue weighted by Crippen LogP contribution is 2.30. The van der Waals surface area contributed by atoms with Crippen molar-refractivity contribution >= 4 is 0 Å². The molecule has 1 aromatic carbocycles. The Morgan fingerprint density at radius 1 is 1.15 bits per heavy atom. The van der Waals surface area contributed by atoms with Crippen LogP contribution in [0.5, 0.6) is 5.75 Å². The van der Waals surface area contributed by atoms with E-state index in [0.717, 1.165) is 29.2 Å². The van der Waals surface area contributed by atoms with Crippen LogP contribution in [0.1, 0.15) is 35.5 Å². The lowest BCUT2D eigenvalue weighted by Gasteiger charge is -2.22. The molecule has 0 aliphatic rings. The van der Waals surface area contributed by atoms with Crippen molar-refractivity contribution in [2.45, 2.75) is 26.8 Å². The van der Waals surface area contributed by atoms with Gasteiger partial charge in [-0.15, -0.1) is 0 Å². The average molecular weight is 270 g/mol. The van der Waals surface area contributed by atoms with Crippen molar-refractivity contribution < 1.29 is 4.74 Å². The molecule has 0 amide bonds. The number of ether oxygens (including phenoxy) is 1. The summed E-state index contributed by atoms with van der Waals surface area (Å²) in [7, 11) is 1.71. The number of nitrogens with zero attached hydrogens (tertiary/aromatic N) is 1. The first kappa shape index (κ1) is 14.5. The zero-order valence-corrected chi connectivity index (χ0v) is 12.6. The molecule has 0 fully saturated rings. The van der Waals surface area contributed by atoms with E-state index in [4.69, 9.17) is 4.74 Å². The Balaban J connectivity index is 2.50. The Labute approximate surface area is 121 Å². The molecule has 1 aromatic heterocycles. The van der Waals surface area contributed by atoms with Crippen molar-refractivity contribution in [2.24, 2.45) is 0 Å². The normalized spacial score (nSPS) is 12.2. The van der Waals surface area contributed by atoms with Gasteiger partial charge in [0.1, 0.15) is 5.75 Å². The van der Waals surface area contributed by atoms with Crippen LogP contribution in [0.2, 0.25) is 0 Å². The van der Waals surface area contributed by atoms with Crippen molar-refractivity contribution in [1.29, 1.82) is 0 Å². The molecule has 0 saturated heterocycles. The zero-order chi connectivity index (χ0) is 14.5. The molecule has 1 heterocycles. The fourth-order valence-electron chi connectivity index (χ4n) is 2.55. The Kier molecular flexibility index (Phi) is 4.74. The van der Waals surface area contributed by atoms with Crippen LogP contribution in [0, 0.1) is 13.8 Å². The molecule has 3 nitrogen and oxygen atoms in total. The predicted octanol–water partition coefficient (Wildman–Crippen LogP) is 3.41. The first-order valence-electron chi connectivity index (χ1n) is 6.97. The average Bonchev–Trinajstić information content (AvgIpc) is 2.43. The van der Waals surface area contributed by atoms with Crippen LogP contribution in [0.3, 0.4) is 0 Å². The second-order valence-electron chi connectivity index (χ2n) is 4.92. The number of benzene rings is 1. The third kappa shape index (κ3) is 3.17. The van der Waals surface area contributed by atoms with Crippen LogP contribution >= 0.6 is 0 Å². The van der Waals surface area contributed by atoms with E-state index in [0.29, 0.717) is 0 Å². The van der Waals surface area contributed by atoms with Crippen LogP contribution in [0.25, 0.3) is 0 Å². The number of aromatic nitrogens is 1. The molecule has 1 unspecified atom stereocenters. The lowest BCUT2D eigenvalue weighted by atomic mass is 9.97. The first-order chi connectivity index (χ1) is 9.65. The van der Waals surface area contributed by atoms with Gasteiger partial charge in [-0.05, 0) is 44.2 Å². The minimum atomic E-state index is 0.122. The van der Waals surface area contributed by atoms with E-state index in [2.05, 4.69) is 35.4 Å². The number of nitrogens with one attached hydrogen (secondary N) is 1. The molecule has 106 valence electrons. The van der Waals surface area contributed by atoms with E-state index in [1.807, 2.05) is 32.0 Å². The molecule has 20 heavy (non-hydrogen) atoms. The highest BCUT2D eigenvalue weighted by molar-refractivity contribution is 5.42. The standard InChI is InChI=1S/C17H22N2O/c1-5-18-17(14-10-12(2)19-13(3)11-14)15-8-6-7-9-16(15)20-4/h6-11,17-18H,5H2,1-4H3. The largest absolute Gasteiger partial charge is 0.496 e. The maximum atomic E-state index is 5.50. The van der Waals surface area contributed by atoms with E-state index < -0.39 is 0 Å². The summed E-state index contributed by atoms with van der Waals surface area (Å²) in [6.45, 7) is 7.07. The Hall–Kier alpha value is -1.87. The van der Waals surface area contributed by atoms with Crippen LogP contribution in [0.4, 0.5) is 0 Å².